The highest BCUT2D eigenvalue weighted by Crippen LogP contribution is 2.35. The number of benzene rings is 3. The smallest absolute Gasteiger partial charge is 0.278 e. The molecule has 1 aliphatic rings. The molecule has 1 aliphatic heterocycles. The predicted octanol–water partition coefficient (Wildman–Crippen LogP) is 4.89. The molecule has 6 heteroatoms. The SMILES string of the molecule is COc1ccccc1C1=C(Nc2ccc(C)cc2C)C(=O)N(CCc2ccc(F)cc2)C1=O. The number of carbonyl (C=O) groups excluding carboxylic acids is 2. The van der Waals surface area contributed by atoms with Crippen LogP contribution in [-0.2, 0) is 16.0 Å². The van der Waals surface area contributed by atoms with Crippen molar-refractivity contribution in [3.63, 3.8) is 0 Å². The first-order chi connectivity index (χ1) is 15.9. The van der Waals surface area contributed by atoms with Crippen molar-refractivity contribution in [1.82, 2.24) is 4.90 Å². The summed E-state index contributed by atoms with van der Waals surface area (Å²) in [6.07, 6.45) is 0.424. The van der Waals surface area contributed by atoms with Crippen LogP contribution < -0.4 is 10.1 Å². The Morgan fingerprint density at radius 1 is 0.939 bits per heavy atom. The van der Waals surface area contributed by atoms with Crippen LogP contribution in [0.25, 0.3) is 5.57 Å². The summed E-state index contributed by atoms with van der Waals surface area (Å²) in [5.41, 5.74) is 4.71. The topological polar surface area (TPSA) is 58.6 Å². The van der Waals surface area contributed by atoms with E-state index in [0.717, 1.165) is 22.4 Å². The summed E-state index contributed by atoms with van der Waals surface area (Å²) in [4.78, 5) is 28.2. The Labute approximate surface area is 192 Å². The second kappa shape index (κ2) is 9.28. The molecule has 5 nitrogen and oxygen atoms in total. The van der Waals surface area contributed by atoms with Crippen molar-refractivity contribution in [2.45, 2.75) is 20.3 Å². The Hall–Kier alpha value is -3.93. The molecule has 2 amide bonds. The molecule has 0 saturated heterocycles. The minimum Gasteiger partial charge on any atom is -0.496 e. The largest absolute Gasteiger partial charge is 0.496 e. The number of nitrogens with one attached hydrogen (secondary N) is 1. The summed E-state index contributed by atoms with van der Waals surface area (Å²) >= 11 is 0. The third-order valence-electron chi connectivity index (χ3n) is 5.72. The third-order valence-corrected chi connectivity index (χ3v) is 5.72. The fourth-order valence-electron chi connectivity index (χ4n) is 3.98. The molecule has 0 unspecified atom stereocenters. The number of nitrogens with zero attached hydrogens (tertiary/aromatic N) is 1. The monoisotopic (exact) mass is 444 g/mol. The first-order valence-electron chi connectivity index (χ1n) is 10.7. The van der Waals surface area contributed by atoms with Gasteiger partial charge in [-0.05, 0) is 55.7 Å². The second-order valence-corrected chi connectivity index (χ2v) is 8.03. The fraction of sp³-hybridized carbons (Fsp3) is 0.185. The van der Waals surface area contributed by atoms with Gasteiger partial charge in [-0.3, -0.25) is 14.5 Å². The Morgan fingerprint density at radius 3 is 2.36 bits per heavy atom. The van der Waals surface area contributed by atoms with Crippen molar-refractivity contribution < 1.29 is 18.7 Å². The predicted molar refractivity (Wildman–Crippen MR) is 126 cm³/mol. The van der Waals surface area contributed by atoms with Crippen molar-refractivity contribution in [3.8, 4) is 5.75 Å². The van der Waals surface area contributed by atoms with Gasteiger partial charge in [0.25, 0.3) is 11.8 Å². The van der Waals surface area contributed by atoms with Crippen LogP contribution in [0.3, 0.4) is 0 Å². The molecule has 168 valence electrons. The molecule has 0 radical (unpaired) electrons. The molecule has 0 saturated carbocycles. The zero-order valence-electron chi connectivity index (χ0n) is 18.8. The molecule has 3 aromatic rings. The van der Waals surface area contributed by atoms with E-state index in [-0.39, 0.29) is 29.5 Å². The molecule has 4 rings (SSSR count). The molecule has 0 atom stereocenters. The molecule has 33 heavy (non-hydrogen) atoms. The summed E-state index contributed by atoms with van der Waals surface area (Å²) in [5.74, 6) is -0.608. The Balaban J connectivity index is 1.71. The lowest BCUT2D eigenvalue weighted by molar-refractivity contribution is -0.136. The lowest BCUT2D eigenvalue weighted by Crippen LogP contribution is -2.34. The average molecular weight is 445 g/mol. The number of carbonyl (C=O) groups is 2. The number of hydrogen-bond acceptors (Lipinski definition) is 4. The van der Waals surface area contributed by atoms with E-state index >= 15 is 0 Å². The maximum atomic E-state index is 13.5. The van der Waals surface area contributed by atoms with Gasteiger partial charge in [0.1, 0.15) is 17.3 Å². The maximum Gasteiger partial charge on any atom is 0.278 e. The minimum absolute atomic E-state index is 0.181. The number of anilines is 1. The zero-order valence-corrected chi connectivity index (χ0v) is 18.8. The third kappa shape index (κ3) is 4.51. The van der Waals surface area contributed by atoms with Crippen LogP contribution in [0.4, 0.5) is 10.1 Å². The number of aryl methyl sites for hydroxylation is 2. The van der Waals surface area contributed by atoms with Gasteiger partial charge in [0.15, 0.2) is 0 Å². The standard InChI is InChI=1S/C27H25FN2O3/c1-17-8-13-22(18(2)16-17)29-25-24(21-6-4-5-7-23(21)33-3)26(31)30(27(25)32)15-14-19-9-11-20(28)12-10-19/h4-13,16,29H,14-15H2,1-3H3. The van der Waals surface area contributed by atoms with Crippen LogP contribution >= 0.6 is 0 Å². The van der Waals surface area contributed by atoms with Gasteiger partial charge in [-0.2, -0.15) is 0 Å². The normalized spacial score (nSPS) is 13.6. The average Bonchev–Trinajstić information content (AvgIpc) is 3.04. The first kappa shape index (κ1) is 22.3. The number of rotatable bonds is 7. The van der Waals surface area contributed by atoms with E-state index in [4.69, 9.17) is 4.74 Å². The highest BCUT2D eigenvalue weighted by atomic mass is 19.1. The summed E-state index contributed by atoms with van der Waals surface area (Å²) in [6.45, 7) is 4.13. The van der Waals surface area contributed by atoms with Crippen LogP contribution in [0, 0.1) is 19.7 Å². The number of hydrogen-bond donors (Lipinski definition) is 1. The van der Waals surface area contributed by atoms with Gasteiger partial charge in [-0.25, -0.2) is 4.39 Å². The van der Waals surface area contributed by atoms with E-state index in [1.807, 2.05) is 38.1 Å². The maximum absolute atomic E-state index is 13.5. The van der Waals surface area contributed by atoms with Gasteiger partial charge < -0.3 is 10.1 Å². The Morgan fingerprint density at radius 2 is 1.67 bits per heavy atom. The highest BCUT2D eigenvalue weighted by molar-refractivity contribution is 6.37. The van der Waals surface area contributed by atoms with Crippen molar-refractivity contribution >= 4 is 23.1 Å². The van der Waals surface area contributed by atoms with Gasteiger partial charge in [0, 0.05) is 17.8 Å². The van der Waals surface area contributed by atoms with Crippen molar-refractivity contribution in [2.75, 3.05) is 19.0 Å². The van der Waals surface area contributed by atoms with Gasteiger partial charge >= 0.3 is 0 Å². The van der Waals surface area contributed by atoms with Crippen LogP contribution in [0.2, 0.25) is 0 Å². The van der Waals surface area contributed by atoms with Crippen molar-refractivity contribution in [2.24, 2.45) is 0 Å². The fourth-order valence-corrected chi connectivity index (χ4v) is 3.98. The Kier molecular flexibility index (Phi) is 6.27. The zero-order chi connectivity index (χ0) is 23.5. The summed E-state index contributed by atoms with van der Waals surface area (Å²) in [6, 6.07) is 19.1. The molecule has 1 N–H and O–H groups in total. The molecular weight excluding hydrogens is 419 g/mol. The molecule has 0 aromatic heterocycles. The van der Waals surface area contributed by atoms with E-state index in [9.17, 15) is 14.0 Å². The Bertz CT molecular complexity index is 1250. The van der Waals surface area contributed by atoms with Crippen molar-refractivity contribution in [1.29, 1.82) is 0 Å². The van der Waals surface area contributed by atoms with Crippen LogP contribution in [0.15, 0.2) is 72.4 Å². The summed E-state index contributed by atoms with van der Waals surface area (Å²) in [5, 5.41) is 3.21. The molecule has 3 aromatic carbocycles. The molecule has 0 aliphatic carbocycles. The molecule has 0 spiro atoms. The number of ether oxygens (including phenoxy) is 1. The number of para-hydroxylation sites is 1. The van der Waals surface area contributed by atoms with Gasteiger partial charge in [0.2, 0.25) is 0 Å². The van der Waals surface area contributed by atoms with Crippen LogP contribution in [0.5, 0.6) is 5.75 Å². The quantitative estimate of drug-likeness (QED) is 0.528. The molecular formula is C27H25FN2O3. The van der Waals surface area contributed by atoms with E-state index in [1.165, 1.54) is 24.1 Å². The van der Waals surface area contributed by atoms with E-state index in [1.54, 1.807) is 30.3 Å². The van der Waals surface area contributed by atoms with Gasteiger partial charge in [-0.15, -0.1) is 0 Å². The molecule has 0 fully saturated rings. The second-order valence-electron chi connectivity index (χ2n) is 8.03. The lowest BCUT2D eigenvalue weighted by atomic mass is 10.0. The lowest BCUT2D eigenvalue weighted by Gasteiger charge is -2.16. The van der Waals surface area contributed by atoms with E-state index in [2.05, 4.69) is 5.32 Å². The first-order valence-corrected chi connectivity index (χ1v) is 10.7. The summed E-state index contributed by atoms with van der Waals surface area (Å²) in [7, 11) is 1.53. The summed E-state index contributed by atoms with van der Waals surface area (Å²) < 4.78 is 18.7. The number of halogens is 1. The van der Waals surface area contributed by atoms with Crippen molar-refractivity contribution in [3.05, 3.63) is 100 Å². The molecule has 1 heterocycles. The number of methoxy groups -OCH3 is 1. The van der Waals surface area contributed by atoms with E-state index < -0.39 is 5.91 Å². The van der Waals surface area contributed by atoms with Gasteiger partial charge in [0.05, 0.1) is 12.7 Å². The minimum atomic E-state index is -0.400. The number of amides is 2. The molecule has 0 bridgehead atoms. The highest BCUT2D eigenvalue weighted by Gasteiger charge is 2.40. The van der Waals surface area contributed by atoms with E-state index in [0.29, 0.717) is 17.7 Å². The van der Waals surface area contributed by atoms with Crippen LogP contribution in [0.1, 0.15) is 22.3 Å². The van der Waals surface area contributed by atoms with Crippen LogP contribution in [-0.4, -0.2) is 30.4 Å². The van der Waals surface area contributed by atoms with Gasteiger partial charge in [-0.1, -0.05) is 48.0 Å². The number of imide groups is 1.